The van der Waals surface area contributed by atoms with Gasteiger partial charge in [-0.05, 0) is 45.4 Å². The van der Waals surface area contributed by atoms with Gasteiger partial charge >= 0.3 is 0 Å². The fourth-order valence-corrected chi connectivity index (χ4v) is 3.40. The summed E-state index contributed by atoms with van der Waals surface area (Å²) >= 11 is 3.53. The van der Waals surface area contributed by atoms with Crippen LogP contribution in [0.3, 0.4) is 0 Å². The number of hydrogen-bond donors (Lipinski definition) is 1. The van der Waals surface area contributed by atoms with Gasteiger partial charge in [0.05, 0.1) is 6.04 Å². The van der Waals surface area contributed by atoms with E-state index in [2.05, 4.69) is 31.0 Å². The molecule has 126 valence electrons. The van der Waals surface area contributed by atoms with Gasteiger partial charge in [-0.1, -0.05) is 33.2 Å². The smallest absolute Gasteiger partial charge is 0.244 e. The van der Waals surface area contributed by atoms with Crippen molar-refractivity contribution in [1.82, 2.24) is 15.0 Å². The molecule has 1 aliphatic heterocycles. The van der Waals surface area contributed by atoms with Crippen molar-refractivity contribution < 1.29 is 4.52 Å². The zero-order valence-electron chi connectivity index (χ0n) is 13.3. The van der Waals surface area contributed by atoms with Crippen LogP contribution in [0.5, 0.6) is 0 Å². The Labute approximate surface area is 151 Å². The molecule has 2 aromatic rings. The van der Waals surface area contributed by atoms with Crippen molar-refractivity contribution >= 4 is 28.3 Å². The lowest BCUT2D eigenvalue weighted by atomic mass is 10.1. The van der Waals surface area contributed by atoms with Gasteiger partial charge in [0.1, 0.15) is 0 Å². The highest BCUT2D eigenvalue weighted by Gasteiger charge is 2.33. The van der Waals surface area contributed by atoms with Gasteiger partial charge in [-0.25, -0.2) is 0 Å². The standard InChI is InChI=1S/C16H21BrN4O.ClH/c1-16(2,18)10-21-9-5-8-13(21)15-19-14(20-22-15)11-6-3-4-7-12(11)17;/h3-4,6-7,13H,5,8-10,18H2,1-2H3;1H. The monoisotopic (exact) mass is 400 g/mol. The van der Waals surface area contributed by atoms with E-state index in [1.165, 1.54) is 0 Å². The number of benzene rings is 1. The molecule has 23 heavy (non-hydrogen) atoms. The van der Waals surface area contributed by atoms with E-state index in [-0.39, 0.29) is 24.0 Å². The zero-order chi connectivity index (χ0) is 15.7. The van der Waals surface area contributed by atoms with Gasteiger partial charge in [-0.3, -0.25) is 4.90 Å². The average Bonchev–Trinajstić information content (AvgIpc) is 3.06. The lowest BCUT2D eigenvalue weighted by Gasteiger charge is -2.29. The maximum Gasteiger partial charge on any atom is 0.244 e. The second kappa shape index (κ2) is 7.30. The van der Waals surface area contributed by atoms with E-state index in [4.69, 9.17) is 10.3 Å². The maximum atomic E-state index is 6.16. The number of hydrogen-bond acceptors (Lipinski definition) is 5. The molecule has 2 heterocycles. The van der Waals surface area contributed by atoms with E-state index < -0.39 is 0 Å². The summed E-state index contributed by atoms with van der Waals surface area (Å²) in [5, 5.41) is 4.15. The van der Waals surface area contributed by atoms with Gasteiger partial charge in [0.25, 0.3) is 0 Å². The first-order valence-electron chi connectivity index (χ1n) is 7.55. The predicted molar refractivity (Wildman–Crippen MR) is 96.5 cm³/mol. The molecule has 1 aromatic heterocycles. The van der Waals surface area contributed by atoms with Crippen LogP contribution in [-0.4, -0.2) is 33.7 Å². The molecule has 0 bridgehead atoms. The lowest BCUT2D eigenvalue weighted by molar-refractivity contribution is 0.178. The van der Waals surface area contributed by atoms with Gasteiger partial charge in [0.15, 0.2) is 0 Å². The highest BCUT2D eigenvalue weighted by Crippen LogP contribution is 2.33. The summed E-state index contributed by atoms with van der Waals surface area (Å²) in [6.45, 7) is 5.94. The molecule has 0 amide bonds. The third-order valence-corrected chi connectivity index (χ3v) is 4.51. The van der Waals surface area contributed by atoms with Crippen molar-refractivity contribution in [1.29, 1.82) is 0 Å². The average molecular weight is 402 g/mol. The minimum Gasteiger partial charge on any atom is -0.337 e. The molecule has 1 saturated heterocycles. The fourth-order valence-electron chi connectivity index (χ4n) is 2.94. The van der Waals surface area contributed by atoms with Crippen LogP contribution in [0.15, 0.2) is 33.3 Å². The molecule has 0 spiro atoms. The summed E-state index contributed by atoms with van der Waals surface area (Å²) in [6.07, 6.45) is 2.17. The van der Waals surface area contributed by atoms with E-state index in [9.17, 15) is 0 Å². The Morgan fingerprint density at radius 2 is 2.13 bits per heavy atom. The third-order valence-electron chi connectivity index (χ3n) is 3.82. The Bertz CT molecular complexity index is 656. The molecular weight excluding hydrogens is 380 g/mol. The van der Waals surface area contributed by atoms with Gasteiger partial charge in [-0.2, -0.15) is 4.98 Å². The first-order chi connectivity index (χ1) is 10.4. The minimum absolute atomic E-state index is 0. The Hall–Kier alpha value is -0.950. The summed E-state index contributed by atoms with van der Waals surface area (Å²) in [6, 6.07) is 8.07. The molecule has 1 atom stereocenters. The van der Waals surface area contributed by atoms with E-state index in [1.54, 1.807) is 0 Å². The SMILES string of the molecule is CC(C)(N)CN1CCCC1c1nc(-c2ccccc2Br)no1.Cl. The van der Waals surface area contributed by atoms with Crippen LogP contribution in [-0.2, 0) is 0 Å². The van der Waals surface area contributed by atoms with E-state index in [0.717, 1.165) is 36.0 Å². The van der Waals surface area contributed by atoms with Gasteiger partial charge in [-0.15, -0.1) is 12.4 Å². The van der Waals surface area contributed by atoms with Crippen LogP contribution >= 0.6 is 28.3 Å². The van der Waals surface area contributed by atoms with Crippen LogP contribution < -0.4 is 5.73 Å². The van der Waals surface area contributed by atoms with Crippen LogP contribution in [0, 0.1) is 0 Å². The summed E-state index contributed by atoms with van der Waals surface area (Å²) in [7, 11) is 0. The molecule has 1 fully saturated rings. The Morgan fingerprint density at radius 1 is 1.39 bits per heavy atom. The quantitative estimate of drug-likeness (QED) is 0.844. The fraction of sp³-hybridized carbons (Fsp3) is 0.500. The molecule has 0 radical (unpaired) electrons. The number of nitrogens with two attached hydrogens (primary N) is 1. The number of nitrogens with zero attached hydrogens (tertiary/aromatic N) is 3. The Balaban J connectivity index is 0.00000192. The second-order valence-corrected chi connectivity index (χ2v) is 7.41. The van der Waals surface area contributed by atoms with Gasteiger partial charge < -0.3 is 10.3 Å². The molecule has 2 N–H and O–H groups in total. The van der Waals surface area contributed by atoms with Crippen LogP contribution in [0.25, 0.3) is 11.4 Å². The molecule has 1 unspecified atom stereocenters. The molecule has 1 aliphatic rings. The van der Waals surface area contributed by atoms with Crippen LogP contribution in [0.2, 0.25) is 0 Å². The van der Waals surface area contributed by atoms with Crippen molar-refractivity contribution in [3.05, 3.63) is 34.6 Å². The predicted octanol–water partition coefficient (Wildman–Crippen LogP) is 3.80. The highest BCUT2D eigenvalue weighted by atomic mass is 79.9. The largest absolute Gasteiger partial charge is 0.337 e. The van der Waals surface area contributed by atoms with Gasteiger partial charge in [0, 0.05) is 22.1 Å². The Morgan fingerprint density at radius 3 is 2.83 bits per heavy atom. The third kappa shape index (κ3) is 4.32. The molecule has 7 heteroatoms. The topological polar surface area (TPSA) is 68.2 Å². The number of likely N-dealkylation sites (tertiary alicyclic amines) is 1. The van der Waals surface area contributed by atoms with Crippen molar-refractivity contribution in [3.8, 4) is 11.4 Å². The van der Waals surface area contributed by atoms with Gasteiger partial charge in [0.2, 0.25) is 11.7 Å². The first kappa shape index (κ1) is 18.4. The molecule has 0 aliphatic carbocycles. The highest BCUT2D eigenvalue weighted by molar-refractivity contribution is 9.10. The zero-order valence-corrected chi connectivity index (χ0v) is 15.7. The van der Waals surface area contributed by atoms with Crippen molar-refractivity contribution in [3.63, 3.8) is 0 Å². The molecule has 5 nitrogen and oxygen atoms in total. The first-order valence-corrected chi connectivity index (χ1v) is 8.35. The number of rotatable bonds is 4. The van der Waals surface area contributed by atoms with E-state index in [1.807, 2.05) is 38.1 Å². The molecule has 3 rings (SSSR count). The number of halogens is 2. The van der Waals surface area contributed by atoms with Crippen LogP contribution in [0.1, 0.15) is 38.6 Å². The summed E-state index contributed by atoms with van der Waals surface area (Å²) < 4.78 is 6.50. The van der Waals surface area contributed by atoms with Crippen molar-refractivity contribution in [2.24, 2.45) is 5.73 Å². The summed E-state index contributed by atoms with van der Waals surface area (Å²) in [4.78, 5) is 6.96. The minimum atomic E-state index is -0.228. The normalized spacial score (nSPS) is 18.9. The van der Waals surface area contributed by atoms with Crippen molar-refractivity contribution in [2.75, 3.05) is 13.1 Å². The van der Waals surface area contributed by atoms with E-state index >= 15 is 0 Å². The second-order valence-electron chi connectivity index (χ2n) is 6.55. The number of aromatic nitrogens is 2. The summed E-state index contributed by atoms with van der Waals surface area (Å²) in [5.41, 5.74) is 6.87. The molecular formula is C16H22BrClN4O. The molecule has 0 saturated carbocycles. The van der Waals surface area contributed by atoms with E-state index in [0.29, 0.717) is 11.7 Å². The van der Waals surface area contributed by atoms with Crippen molar-refractivity contribution in [2.45, 2.75) is 38.3 Å². The lowest BCUT2D eigenvalue weighted by Crippen LogP contribution is -2.45. The summed E-state index contributed by atoms with van der Waals surface area (Å²) in [5.74, 6) is 1.31. The maximum absolute atomic E-state index is 6.16. The molecule has 1 aromatic carbocycles. The van der Waals surface area contributed by atoms with Crippen LogP contribution in [0.4, 0.5) is 0 Å². The Kier molecular flexibility index (Phi) is 5.84.